The highest BCUT2D eigenvalue weighted by Gasteiger charge is 2.19. The summed E-state index contributed by atoms with van der Waals surface area (Å²) in [7, 11) is 0. The van der Waals surface area contributed by atoms with Crippen LogP contribution in [0.1, 0.15) is 19.8 Å². The molecule has 12 heavy (non-hydrogen) atoms. The van der Waals surface area contributed by atoms with Gasteiger partial charge in [0.2, 0.25) is 0 Å². The van der Waals surface area contributed by atoms with Gasteiger partial charge in [-0.3, -0.25) is 0 Å². The number of thiocarbonyl (C=S) groups is 2. The molecule has 0 saturated heterocycles. The van der Waals surface area contributed by atoms with Crippen molar-refractivity contribution in [1.82, 2.24) is 0 Å². The molecule has 4 heteroatoms. The van der Waals surface area contributed by atoms with Crippen molar-refractivity contribution in [2.24, 2.45) is 11.5 Å². The fraction of sp³-hybridized carbons (Fsp3) is 0.500. The van der Waals surface area contributed by atoms with E-state index in [9.17, 15) is 0 Å². The molecule has 2 nitrogen and oxygen atoms in total. The number of nitrogens with two attached hydrogens (primary N) is 2. The molecule has 0 unspecified atom stereocenters. The summed E-state index contributed by atoms with van der Waals surface area (Å²) in [5.74, 6) is 0. The van der Waals surface area contributed by atoms with Gasteiger partial charge in [0, 0.05) is 22.6 Å². The van der Waals surface area contributed by atoms with Crippen LogP contribution in [0.2, 0.25) is 0 Å². The van der Waals surface area contributed by atoms with E-state index >= 15 is 0 Å². The summed E-state index contributed by atoms with van der Waals surface area (Å²) in [6.45, 7) is 1.96. The lowest BCUT2D eigenvalue weighted by atomic mass is 9.91. The average molecular weight is 200 g/mol. The molecule has 1 aliphatic carbocycles. The van der Waals surface area contributed by atoms with E-state index < -0.39 is 6.17 Å². The zero-order chi connectivity index (χ0) is 9.30. The Labute approximate surface area is 83.0 Å². The van der Waals surface area contributed by atoms with Crippen LogP contribution in [0, 0.1) is 0 Å². The fourth-order valence-electron chi connectivity index (χ4n) is 1.27. The SMILES string of the molecule is CC1=C(C(N)N)CC(=S)CC1=S. The number of allylic oxidation sites excluding steroid dienone is 1. The van der Waals surface area contributed by atoms with E-state index in [1.165, 1.54) is 0 Å². The van der Waals surface area contributed by atoms with Crippen LogP contribution in [0.25, 0.3) is 0 Å². The van der Waals surface area contributed by atoms with E-state index in [2.05, 4.69) is 0 Å². The first-order valence-corrected chi connectivity index (χ1v) is 4.59. The first-order valence-electron chi connectivity index (χ1n) is 3.78. The summed E-state index contributed by atoms with van der Waals surface area (Å²) < 4.78 is 0. The van der Waals surface area contributed by atoms with Gasteiger partial charge >= 0.3 is 0 Å². The summed E-state index contributed by atoms with van der Waals surface area (Å²) in [5, 5.41) is 0. The molecular weight excluding hydrogens is 188 g/mol. The van der Waals surface area contributed by atoms with Gasteiger partial charge in [0.25, 0.3) is 0 Å². The minimum atomic E-state index is -0.416. The third-order valence-electron chi connectivity index (χ3n) is 2.05. The van der Waals surface area contributed by atoms with Crippen molar-refractivity contribution in [3.05, 3.63) is 11.1 Å². The maximum absolute atomic E-state index is 5.58. The second-order valence-electron chi connectivity index (χ2n) is 2.99. The molecule has 1 aliphatic rings. The molecule has 0 spiro atoms. The zero-order valence-electron chi connectivity index (χ0n) is 6.96. The minimum Gasteiger partial charge on any atom is -0.313 e. The Morgan fingerprint density at radius 2 is 1.83 bits per heavy atom. The van der Waals surface area contributed by atoms with Crippen molar-refractivity contribution >= 4 is 34.2 Å². The van der Waals surface area contributed by atoms with Crippen molar-refractivity contribution in [3.63, 3.8) is 0 Å². The van der Waals surface area contributed by atoms with Gasteiger partial charge in [-0.2, -0.15) is 0 Å². The van der Waals surface area contributed by atoms with Gasteiger partial charge in [-0.1, -0.05) is 24.4 Å². The molecule has 0 aromatic rings. The van der Waals surface area contributed by atoms with Crippen molar-refractivity contribution in [3.8, 4) is 0 Å². The smallest absolute Gasteiger partial charge is 0.0753 e. The van der Waals surface area contributed by atoms with Gasteiger partial charge in [0.05, 0.1) is 6.17 Å². The number of hydrogen-bond acceptors (Lipinski definition) is 4. The molecule has 0 radical (unpaired) electrons. The lowest BCUT2D eigenvalue weighted by Crippen LogP contribution is -2.36. The Kier molecular flexibility index (Phi) is 3.06. The molecule has 0 atom stereocenters. The van der Waals surface area contributed by atoms with E-state index in [4.69, 9.17) is 35.9 Å². The van der Waals surface area contributed by atoms with Crippen LogP contribution in [0.4, 0.5) is 0 Å². The maximum Gasteiger partial charge on any atom is 0.0753 e. The number of rotatable bonds is 1. The predicted molar refractivity (Wildman–Crippen MR) is 59.3 cm³/mol. The highest BCUT2D eigenvalue weighted by atomic mass is 32.1. The van der Waals surface area contributed by atoms with Crippen LogP contribution in [0.15, 0.2) is 11.1 Å². The Hall–Kier alpha value is -0.160. The topological polar surface area (TPSA) is 52.0 Å². The van der Waals surface area contributed by atoms with Crippen LogP contribution in [-0.4, -0.2) is 15.9 Å². The Morgan fingerprint density at radius 1 is 1.25 bits per heavy atom. The molecule has 0 bridgehead atoms. The van der Waals surface area contributed by atoms with E-state index in [0.717, 1.165) is 33.7 Å². The first kappa shape index (κ1) is 9.92. The Morgan fingerprint density at radius 3 is 2.33 bits per heavy atom. The van der Waals surface area contributed by atoms with Gasteiger partial charge in [-0.25, -0.2) is 0 Å². The lowest BCUT2D eigenvalue weighted by Gasteiger charge is -2.21. The van der Waals surface area contributed by atoms with E-state index in [0.29, 0.717) is 0 Å². The highest BCUT2D eigenvalue weighted by molar-refractivity contribution is 7.82. The van der Waals surface area contributed by atoms with Gasteiger partial charge < -0.3 is 11.5 Å². The summed E-state index contributed by atoms with van der Waals surface area (Å²) >= 11 is 10.2. The van der Waals surface area contributed by atoms with E-state index in [-0.39, 0.29) is 0 Å². The predicted octanol–water partition coefficient (Wildman–Crippen LogP) is 1.08. The molecule has 4 N–H and O–H groups in total. The molecule has 0 saturated carbocycles. The normalized spacial score (nSPS) is 19.3. The molecule has 0 amide bonds. The summed E-state index contributed by atoms with van der Waals surface area (Å²) in [5.41, 5.74) is 13.2. The van der Waals surface area contributed by atoms with Crippen LogP contribution in [0.5, 0.6) is 0 Å². The molecule has 66 valence electrons. The van der Waals surface area contributed by atoms with E-state index in [1.54, 1.807) is 0 Å². The largest absolute Gasteiger partial charge is 0.313 e. The molecule has 0 heterocycles. The fourth-order valence-corrected chi connectivity index (χ4v) is 1.96. The summed E-state index contributed by atoms with van der Waals surface area (Å²) in [6.07, 6.45) is 1.06. The first-order chi connectivity index (χ1) is 5.52. The molecule has 0 aromatic carbocycles. The van der Waals surface area contributed by atoms with Crippen LogP contribution in [-0.2, 0) is 0 Å². The van der Waals surface area contributed by atoms with Crippen LogP contribution >= 0.6 is 24.4 Å². The minimum absolute atomic E-state index is 0.416. The highest BCUT2D eigenvalue weighted by Crippen LogP contribution is 2.21. The molecule has 0 fully saturated rings. The molecule has 1 rings (SSSR count). The van der Waals surface area contributed by atoms with E-state index in [1.807, 2.05) is 6.92 Å². The Balaban J connectivity index is 3.01. The standard InChI is InChI=1S/C8H12N2S2/c1-4-6(8(9)10)2-5(11)3-7(4)12/h8H,2-3,9-10H2,1H3. The van der Waals surface area contributed by atoms with Crippen molar-refractivity contribution < 1.29 is 0 Å². The molecule has 0 aromatic heterocycles. The molecular formula is C8H12N2S2. The summed E-state index contributed by atoms with van der Waals surface area (Å²) in [4.78, 5) is 1.84. The maximum atomic E-state index is 5.58. The van der Waals surface area contributed by atoms with Gasteiger partial charge in [-0.15, -0.1) is 0 Å². The second kappa shape index (κ2) is 3.70. The van der Waals surface area contributed by atoms with Crippen molar-refractivity contribution in [2.75, 3.05) is 0 Å². The van der Waals surface area contributed by atoms with Gasteiger partial charge in [0.1, 0.15) is 0 Å². The van der Waals surface area contributed by atoms with Gasteiger partial charge in [0.15, 0.2) is 0 Å². The zero-order valence-corrected chi connectivity index (χ0v) is 8.60. The molecule has 0 aliphatic heterocycles. The third kappa shape index (κ3) is 1.95. The summed E-state index contributed by atoms with van der Waals surface area (Å²) in [6, 6.07) is 0. The van der Waals surface area contributed by atoms with Crippen LogP contribution < -0.4 is 11.5 Å². The second-order valence-corrected chi connectivity index (χ2v) is 4.06. The lowest BCUT2D eigenvalue weighted by molar-refractivity contribution is 0.792. The van der Waals surface area contributed by atoms with Crippen molar-refractivity contribution in [1.29, 1.82) is 0 Å². The van der Waals surface area contributed by atoms with Crippen LogP contribution in [0.3, 0.4) is 0 Å². The Bertz CT molecular complexity index is 266. The quantitative estimate of drug-likeness (QED) is 0.491. The monoisotopic (exact) mass is 200 g/mol. The van der Waals surface area contributed by atoms with Gasteiger partial charge in [-0.05, 0) is 18.1 Å². The third-order valence-corrected chi connectivity index (χ3v) is 2.79. The van der Waals surface area contributed by atoms with Crippen molar-refractivity contribution in [2.45, 2.75) is 25.9 Å². The number of hydrogen-bond donors (Lipinski definition) is 2. The average Bonchev–Trinajstić information content (AvgIpc) is 1.96.